The standard InChI is InChI=1S/C16H30N2O2S.ClH/c1-6-20-13-9-16(17,15(13,4)5)14(19)18-7-8-21-12(10-18)11(2)3;/h11-13H,6-10,17H2,1-5H3;1H. The van der Waals surface area contributed by atoms with Gasteiger partial charge in [-0.1, -0.05) is 27.7 Å². The van der Waals surface area contributed by atoms with E-state index in [1.54, 1.807) is 0 Å². The van der Waals surface area contributed by atoms with Crippen molar-refractivity contribution >= 4 is 30.1 Å². The molecule has 4 nitrogen and oxygen atoms in total. The molecule has 6 heteroatoms. The molecule has 3 unspecified atom stereocenters. The first kappa shape index (κ1) is 20.1. The summed E-state index contributed by atoms with van der Waals surface area (Å²) in [6.45, 7) is 12.9. The molecule has 0 aromatic heterocycles. The van der Waals surface area contributed by atoms with Gasteiger partial charge in [-0.15, -0.1) is 12.4 Å². The first-order valence-corrected chi connectivity index (χ1v) is 9.10. The van der Waals surface area contributed by atoms with E-state index in [4.69, 9.17) is 10.5 Å². The highest BCUT2D eigenvalue weighted by Crippen LogP contribution is 2.50. The number of hydrogen-bond donors (Lipinski definition) is 1. The molecule has 0 aromatic rings. The highest BCUT2D eigenvalue weighted by Gasteiger charge is 2.63. The molecule has 22 heavy (non-hydrogen) atoms. The number of carbonyl (C=O) groups excluding carboxylic acids is 1. The summed E-state index contributed by atoms with van der Waals surface area (Å²) in [5.74, 6) is 1.72. The molecule has 1 saturated carbocycles. The Labute approximate surface area is 145 Å². The first-order valence-electron chi connectivity index (χ1n) is 8.05. The second-order valence-electron chi connectivity index (χ2n) is 7.25. The number of hydrogen-bond acceptors (Lipinski definition) is 4. The molecular formula is C16H31ClN2O2S. The number of ether oxygens (including phenoxy) is 1. The second kappa shape index (κ2) is 7.29. The van der Waals surface area contributed by atoms with Crippen LogP contribution in [0, 0.1) is 11.3 Å². The van der Waals surface area contributed by atoms with E-state index in [-0.39, 0.29) is 29.8 Å². The van der Waals surface area contributed by atoms with Gasteiger partial charge in [0, 0.05) is 42.5 Å². The molecule has 2 rings (SSSR count). The third-order valence-electron chi connectivity index (χ3n) is 5.34. The molecule has 0 aromatic carbocycles. The van der Waals surface area contributed by atoms with Crippen LogP contribution in [0.4, 0.5) is 0 Å². The fraction of sp³-hybridized carbons (Fsp3) is 0.938. The zero-order valence-corrected chi connectivity index (χ0v) is 16.1. The minimum Gasteiger partial charge on any atom is -0.378 e. The lowest BCUT2D eigenvalue weighted by atomic mass is 9.54. The van der Waals surface area contributed by atoms with Crippen LogP contribution in [0.15, 0.2) is 0 Å². The SMILES string of the molecule is CCOC1CC(N)(C(=O)N2CCSC(C(C)C)C2)C1(C)C.Cl. The average molecular weight is 351 g/mol. The number of nitrogens with zero attached hydrogens (tertiary/aromatic N) is 1. The number of carbonyl (C=O) groups is 1. The summed E-state index contributed by atoms with van der Waals surface area (Å²) in [6.07, 6.45) is 0.736. The van der Waals surface area contributed by atoms with Gasteiger partial charge in [0.15, 0.2) is 0 Å². The topological polar surface area (TPSA) is 55.6 Å². The molecule has 1 amide bonds. The summed E-state index contributed by atoms with van der Waals surface area (Å²) in [4.78, 5) is 15.0. The van der Waals surface area contributed by atoms with Crippen LogP contribution in [0.1, 0.15) is 41.0 Å². The van der Waals surface area contributed by atoms with Gasteiger partial charge in [-0.3, -0.25) is 4.79 Å². The molecule has 1 aliphatic heterocycles. The molecule has 0 spiro atoms. The van der Waals surface area contributed by atoms with Crippen molar-refractivity contribution in [3.63, 3.8) is 0 Å². The quantitative estimate of drug-likeness (QED) is 0.846. The van der Waals surface area contributed by atoms with E-state index in [0.717, 1.165) is 18.8 Å². The summed E-state index contributed by atoms with van der Waals surface area (Å²) in [5, 5.41) is 0.525. The molecule has 2 N–H and O–H groups in total. The zero-order chi connectivity index (χ0) is 15.8. The molecule has 1 saturated heterocycles. The van der Waals surface area contributed by atoms with Gasteiger partial charge >= 0.3 is 0 Å². The van der Waals surface area contributed by atoms with E-state index in [1.807, 2.05) is 23.6 Å². The van der Waals surface area contributed by atoms with E-state index >= 15 is 0 Å². The van der Waals surface area contributed by atoms with Crippen molar-refractivity contribution in [2.24, 2.45) is 17.1 Å². The number of halogens is 1. The number of thioether (sulfide) groups is 1. The summed E-state index contributed by atoms with van der Waals surface area (Å²) < 4.78 is 5.73. The van der Waals surface area contributed by atoms with E-state index in [1.165, 1.54) is 0 Å². The Balaban J connectivity index is 0.00000242. The highest BCUT2D eigenvalue weighted by molar-refractivity contribution is 8.00. The normalized spacial score (nSPS) is 34.0. The summed E-state index contributed by atoms with van der Waals surface area (Å²) in [7, 11) is 0. The first-order chi connectivity index (χ1) is 9.74. The van der Waals surface area contributed by atoms with Crippen molar-refractivity contribution < 1.29 is 9.53 Å². The van der Waals surface area contributed by atoms with E-state index in [2.05, 4.69) is 27.7 Å². The highest BCUT2D eigenvalue weighted by atomic mass is 35.5. The molecule has 0 bridgehead atoms. The molecule has 1 heterocycles. The molecule has 0 radical (unpaired) electrons. The van der Waals surface area contributed by atoms with Crippen LogP contribution in [0.25, 0.3) is 0 Å². The van der Waals surface area contributed by atoms with Gasteiger partial charge in [0.1, 0.15) is 5.54 Å². The lowest BCUT2D eigenvalue weighted by molar-refractivity contribution is -0.179. The van der Waals surface area contributed by atoms with Gasteiger partial charge in [-0.2, -0.15) is 11.8 Å². The monoisotopic (exact) mass is 350 g/mol. The van der Waals surface area contributed by atoms with Gasteiger partial charge in [0.25, 0.3) is 0 Å². The molecule has 2 aliphatic rings. The van der Waals surface area contributed by atoms with Crippen molar-refractivity contribution in [1.82, 2.24) is 4.90 Å². The second-order valence-corrected chi connectivity index (χ2v) is 8.59. The Hall–Kier alpha value is 0.0300. The molecule has 1 aliphatic carbocycles. The Morgan fingerprint density at radius 3 is 2.59 bits per heavy atom. The molecule has 130 valence electrons. The van der Waals surface area contributed by atoms with E-state index in [0.29, 0.717) is 24.2 Å². The molecular weight excluding hydrogens is 320 g/mol. The van der Waals surface area contributed by atoms with Crippen molar-refractivity contribution in [1.29, 1.82) is 0 Å². The zero-order valence-electron chi connectivity index (χ0n) is 14.4. The Morgan fingerprint density at radius 2 is 2.09 bits per heavy atom. The number of amides is 1. The van der Waals surface area contributed by atoms with Crippen molar-refractivity contribution in [2.45, 2.75) is 57.9 Å². The van der Waals surface area contributed by atoms with Crippen molar-refractivity contribution in [3.8, 4) is 0 Å². The van der Waals surface area contributed by atoms with Crippen molar-refractivity contribution in [2.75, 3.05) is 25.4 Å². The van der Waals surface area contributed by atoms with Crippen molar-refractivity contribution in [3.05, 3.63) is 0 Å². The minimum atomic E-state index is -0.767. The summed E-state index contributed by atoms with van der Waals surface area (Å²) in [6, 6.07) is 0. The number of nitrogens with two attached hydrogens (primary N) is 1. The third kappa shape index (κ3) is 3.28. The predicted molar refractivity (Wildman–Crippen MR) is 95.6 cm³/mol. The van der Waals surface area contributed by atoms with Crippen LogP contribution in [0.2, 0.25) is 0 Å². The fourth-order valence-corrected chi connectivity index (χ4v) is 4.64. The lowest BCUT2D eigenvalue weighted by Gasteiger charge is -2.59. The van der Waals surface area contributed by atoms with E-state index < -0.39 is 5.54 Å². The van der Waals surface area contributed by atoms with Crippen LogP contribution in [-0.2, 0) is 9.53 Å². The molecule has 2 fully saturated rings. The maximum Gasteiger partial charge on any atom is 0.243 e. The van der Waals surface area contributed by atoms with E-state index in [9.17, 15) is 4.79 Å². The van der Waals surface area contributed by atoms with Crippen LogP contribution in [-0.4, -0.2) is 53.1 Å². The van der Waals surface area contributed by atoms with Gasteiger partial charge in [-0.25, -0.2) is 0 Å². The largest absolute Gasteiger partial charge is 0.378 e. The maximum atomic E-state index is 13.0. The number of rotatable bonds is 4. The maximum absolute atomic E-state index is 13.0. The summed E-state index contributed by atoms with van der Waals surface area (Å²) >= 11 is 1.98. The van der Waals surface area contributed by atoms with Gasteiger partial charge in [-0.05, 0) is 12.8 Å². The van der Waals surface area contributed by atoms with Crippen LogP contribution < -0.4 is 5.73 Å². The third-order valence-corrected chi connectivity index (χ3v) is 6.88. The Morgan fingerprint density at radius 1 is 1.45 bits per heavy atom. The Kier molecular flexibility index (Phi) is 6.65. The van der Waals surface area contributed by atoms with Crippen LogP contribution >= 0.6 is 24.2 Å². The Bertz CT molecular complexity index is 406. The summed E-state index contributed by atoms with van der Waals surface area (Å²) in [5.41, 5.74) is 5.46. The fourth-order valence-electron chi connectivity index (χ4n) is 3.34. The molecule has 3 atom stereocenters. The predicted octanol–water partition coefficient (Wildman–Crippen LogP) is 2.54. The smallest absolute Gasteiger partial charge is 0.243 e. The average Bonchev–Trinajstić information content (AvgIpc) is 2.46. The van der Waals surface area contributed by atoms with Crippen LogP contribution in [0.3, 0.4) is 0 Å². The van der Waals surface area contributed by atoms with Gasteiger partial charge < -0.3 is 15.4 Å². The van der Waals surface area contributed by atoms with Gasteiger partial charge in [0.2, 0.25) is 5.91 Å². The van der Waals surface area contributed by atoms with Crippen LogP contribution in [0.5, 0.6) is 0 Å². The minimum absolute atomic E-state index is 0. The van der Waals surface area contributed by atoms with Gasteiger partial charge in [0.05, 0.1) is 6.10 Å². The lowest BCUT2D eigenvalue weighted by Crippen LogP contribution is -2.76.